The minimum atomic E-state index is 0.839. The molecule has 1 N–H and O–H groups in total. The molecule has 0 aliphatic rings. The van der Waals surface area contributed by atoms with E-state index in [4.69, 9.17) is 9.47 Å². The molecule has 0 radical (unpaired) electrons. The van der Waals surface area contributed by atoms with Crippen LogP contribution in [0.3, 0.4) is 0 Å². The molecule has 0 unspecified atom stereocenters. The lowest BCUT2D eigenvalue weighted by atomic mass is 10.3. The van der Waals surface area contributed by atoms with Gasteiger partial charge in [0.2, 0.25) is 0 Å². The van der Waals surface area contributed by atoms with Crippen molar-refractivity contribution in [3.8, 4) is 0 Å². The molecule has 0 amide bonds. The number of hydrogen-bond donors (Lipinski definition) is 1. The topological polar surface area (TPSA) is 30.5 Å². The fourth-order valence-corrected chi connectivity index (χ4v) is 2.09. The van der Waals surface area contributed by atoms with Crippen LogP contribution in [0.4, 0.5) is 0 Å². The van der Waals surface area contributed by atoms with Crippen molar-refractivity contribution in [3.05, 3.63) is 0 Å². The van der Waals surface area contributed by atoms with Crippen molar-refractivity contribution in [3.63, 3.8) is 0 Å². The van der Waals surface area contributed by atoms with Gasteiger partial charge in [-0.3, -0.25) is 0 Å². The Bertz CT molecular complexity index is 112. The van der Waals surface area contributed by atoms with E-state index in [2.05, 4.69) is 5.32 Å². The van der Waals surface area contributed by atoms with E-state index in [0.717, 1.165) is 39.3 Å². The van der Waals surface area contributed by atoms with Crippen LogP contribution in [0.5, 0.6) is 0 Å². The summed E-state index contributed by atoms with van der Waals surface area (Å²) < 4.78 is 10.3. The van der Waals surface area contributed by atoms with Gasteiger partial charge in [-0.25, -0.2) is 0 Å². The van der Waals surface area contributed by atoms with Gasteiger partial charge in [-0.2, -0.15) is 11.8 Å². The Balaban J connectivity index is 2.83. The maximum Gasteiger partial charge on any atom is 0.0470 e. The largest absolute Gasteiger partial charge is 0.385 e. The van der Waals surface area contributed by atoms with E-state index in [9.17, 15) is 0 Å². The van der Waals surface area contributed by atoms with Gasteiger partial charge in [0.1, 0.15) is 0 Å². The van der Waals surface area contributed by atoms with E-state index in [0.29, 0.717) is 0 Å². The number of nitrogens with one attached hydrogen (secondary N) is 1. The Hall–Kier alpha value is 0.230. The quantitative estimate of drug-likeness (QED) is 0.507. The van der Waals surface area contributed by atoms with Crippen LogP contribution in [-0.4, -0.2) is 51.5 Å². The molecule has 0 aliphatic heterocycles. The molecule has 0 aliphatic carbocycles. The van der Waals surface area contributed by atoms with Gasteiger partial charge < -0.3 is 14.8 Å². The normalized spacial score (nSPS) is 10.9. The molecular weight excluding hydrogens is 222 g/mol. The minimum Gasteiger partial charge on any atom is -0.385 e. The summed E-state index contributed by atoms with van der Waals surface area (Å²) in [5.74, 6) is 2.41. The highest BCUT2D eigenvalue weighted by atomic mass is 32.2. The smallest absolute Gasteiger partial charge is 0.0470 e. The monoisotopic (exact) mass is 249 g/mol. The third kappa shape index (κ3) is 14.2. The first-order valence-corrected chi connectivity index (χ1v) is 7.42. The second kappa shape index (κ2) is 15.2. The molecule has 0 aromatic rings. The highest BCUT2D eigenvalue weighted by Gasteiger charge is 1.91. The summed E-state index contributed by atoms with van der Waals surface area (Å²) >= 11 is 2.00. The average Bonchev–Trinajstić information content (AvgIpc) is 2.31. The molecule has 4 heteroatoms. The molecule has 0 heterocycles. The molecular formula is C12H27NO2S. The zero-order chi connectivity index (χ0) is 11.9. The van der Waals surface area contributed by atoms with Crippen LogP contribution < -0.4 is 5.32 Å². The zero-order valence-electron chi connectivity index (χ0n) is 10.8. The molecule has 16 heavy (non-hydrogen) atoms. The Kier molecular flexibility index (Phi) is 15.4. The number of methoxy groups -OCH3 is 1. The predicted octanol–water partition coefficient (Wildman–Crippen LogP) is 2.16. The summed E-state index contributed by atoms with van der Waals surface area (Å²) in [6, 6.07) is 0. The third-order valence-corrected chi connectivity index (χ3v) is 3.23. The Morgan fingerprint density at radius 2 is 1.88 bits per heavy atom. The zero-order valence-corrected chi connectivity index (χ0v) is 11.6. The Morgan fingerprint density at radius 3 is 2.62 bits per heavy atom. The molecule has 0 bridgehead atoms. The van der Waals surface area contributed by atoms with Crippen molar-refractivity contribution in [1.82, 2.24) is 5.32 Å². The molecule has 0 fully saturated rings. The molecule has 98 valence electrons. The second-order valence-electron chi connectivity index (χ2n) is 3.61. The number of rotatable bonds is 13. The van der Waals surface area contributed by atoms with Gasteiger partial charge in [0.05, 0.1) is 0 Å². The fraction of sp³-hybridized carbons (Fsp3) is 1.00. The number of ether oxygens (including phenoxy) is 2. The average molecular weight is 249 g/mol. The van der Waals surface area contributed by atoms with Crippen LogP contribution in [0.25, 0.3) is 0 Å². The summed E-state index contributed by atoms with van der Waals surface area (Å²) in [6.07, 6.45) is 3.55. The fourth-order valence-electron chi connectivity index (χ4n) is 1.28. The lowest BCUT2D eigenvalue weighted by molar-refractivity contribution is 0.143. The second-order valence-corrected chi connectivity index (χ2v) is 4.84. The number of thioether (sulfide) groups is 1. The van der Waals surface area contributed by atoms with Crippen molar-refractivity contribution in [2.24, 2.45) is 0 Å². The Labute approximate surface area is 105 Å². The van der Waals surface area contributed by atoms with E-state index < -0.39 is 0 Å². The minimum absolute atomic E-state index is 0.839. The van der Waals surface area contributed by atoms with Gasteiger partial charge in [0, 0.05) is 39.2 Å². The summed E-state index contributed by atoms with van der Waals surface area (Å²) in [5, 5.41) is 3.45. The van der Waals surface area contributed by atoms with Gasteiger partial charge in [0.25, 0.3) is 0 Å². The van der Waals surface area contributed by atoms with Gasteiger partial charge in [-0.05, 0) is 38.5 Å². The predicted molar refractivity (Wildman–Crippen MR) is 72.4 cm³/mol. The molecule has 3 nitrogen and oxygen atoms in total. The van der Waals surface area contributed by atoms with Crippen LogP contribution >= 0.6 is 11.8 Å². The van der Waals surface area contributed by atoms with E-state index in [1.54, 1.807) is 7.11 Å². The van der Waals surface area contributed by atoms with Crippen molar-refractivity contribution in [2.45, 2.75) is 26.2 Å². The Morgan fingerprint density at radius 1 is 1.00 bits per heavy atom. The van der Waals surface area contributed by atoms with E-state index in [1.165, 1.54) is 24.3 Å². The molecule has 0 spiro atoms. The first kappa shape index (κ1) is 16.2. The van der Waals surface area contributed by atoms with Gasteiger partial charge in [-0.15, -0.1) is 0 Å². The summed E-state index contributed by atoms with van der Waals surface area (Å²) in [5.41, 5.74) is 0. The van der Waals surface area contributed by atoms with Crippen molar-refractivity contribution >= 4 is 11.8 Å². The van der Waals surface area contributed by atoms with Gasteiger partial charge in [-0.1, -0.05) is 0 Å². The van der Waals surface area contributed by atoms with Crippen molar-refractivity contribution in [2.75, 3.05) is 51.5 Å². The standard InChI is InChI=1S/C12H27NO2S/c1-3-15-10-5-4-7-13-8-12-16-11-6-9-14-2/h13H,3-12H2,1-2H3. The number of hydrogen-bond acceptors (Lipinski definition) is 4. The lowest BCUT2D eigenvalue weighted by Crippen LogP contribution is -2.19. The molecule has 0 saturated carbocycles. The molecule has 0 aromatic heterocycles. The van der Waals surface area contributed by atoms with Crippen LogP contribution in [0, 0.1) is 0 Å². The van der Waals surface area contributed by atoms with Gasteiger partial charge in [0.15, 0.2) is 0 Å². The van der Waals surface area contributed by atoms with Gasteiger partial charge >= 0.3 is 0 Å². The maximum absolute atomic E-state index is 5.27. The molecule has 0 saturated heterocycles. The van der Waals surface area contributed by atoms with E-state index in [-0.39, 0.29) is 0 Å². The van der Waals surface area contributed by atoms with Crippen LogP contribution in [-0.2, 0) is 9.47 Å². The summed E-state index contributed by atoms with van der Waals surface area (Å²) in [7, 11) is 1.76. The van der Waals surface area contributed by atoms with Crippen LogP contribution in [0.1, 0.15) is 26.2 Å². The lowest BCUT2D eigenvalue weighted by Gasteiger charge is -2.05. The molecule has 0 aromatic carbocycles. The summed E-state index contributed by atoms with van der Waals surface area (Å²) in [4.78, 5) is 0. The first-order valence-electron chi connectivity index (χ1n) is 6.27. The van der Waals surface area contributed by atoms with Crippen molar-refractivity contribution in [1.29, 1.82) is 0 Å². The highest BCUT2D eigenvalue weighted by Crippen LogP contribution is 2.00. The van der Waals surface area contributed by atoms with Crippen LogP contribution in [0.15, 0.2) is 0 Å². The molecule has 0 rings (SSSR count). The summed E-state index contributed by atoms with van der Waals surface area (Å²) in [6.45, 7) is 6.91. The molecule has 0 atom stereocenters. The highest BCUT2D eigenvalue weighted by molar-refractivity contribution is 7.99. The SMILES string of the molecule is CCOCCCCNCCSCCCOC. The van der Waals surface area contributed by atoms with Crippen LogP contribution in [0.2, 0.25) is 0 Å². The van der Waals surface area contributed by atoms with E-state index >= 15 is 0 Å². The number of unbranched alkanes of at least 4 members (excludes halogenated alkanes) is 1. The van der Waals surface area contributed by atoms with E-state index in [1.807, 2.05) is 18.7 Å². The maximum atomic E-state index is 5.27. The first-order chi connectivity index (χ1) is 7.91. The van der Waals surface area contributed by atoms with Crippen molar-refractivity contribution < 1.29 is 9.47 Å². The third-order valence-electron chi connectivity index (χ3n) is 2.16.